The van der Waals surface area contributed by atoms with Crippen LogP contribution in [0.25, 0.3) is 10.9 Å². The monoisotopic (exact) mass is 202 g/mol. The fraction of sp³-hybridized carbons (Fsp3) is 0.385. The number of hydrogen-bond acceptors (Lipinski definition) is 1. The van der Waals surface area contributed by atoms with Crippen LogP contribution in [0.3, 0.4) is 0 Å². The van der Waals surface area contributed by atoms with Crippen molar-refractivity contribution in [3.8, 4) is 0 Å². The number of para-hydroxylation sites is 1. The van der Waals surface area contributed by atoms with Gasteiger partial charge < -0.3 is 9.88 Å². The third-order valence-corrected chi connectivity index (χ3v) is 2.77. The first-order valence-corrected chi connectivity index (χ1v) is 5.64. The number of benzene rings is 1. The molecule has 0 fully saturated rings. The van der Waals surface area contributed by atoms with E-state index in [2.05, 4.69) is 54.1 Å². The lowest BCUT2D eigenvalue weighted by atomic mass is 10.2. The Hall–Kier alpha value is -1.28. The van der Waals surface area contributed by atoms with Crippen LogP contribution < -0.4 is 5.32 Å². The van der Waals surface area contributed by atoms with Gasteiger partial charge in [-0.25, -0.2) is 0 Å². The summed E-state index contributed by atoms with van der Waals surface area (Å²) in [4.78, 5) is 0. The standard InChI is InChI=1S/C13H18N2/c1-3-14-10-12-9-11-7-5-6-8-13(11)15(12)4-2/h5-9,14H,3-4,10H2,1-2H3. The third-order valence-electron chi connectivity index (χ3n) is 2.77. The van der Waals surface area contributed by atoms with E-state index in [1.54, 1.807) is 0 Å². The maximum atomic E-state index is 3.38. The molecule has 0 radical (unpaired) electrons. The first-order chi connectivity index (χ1) is 7.36. The highest BCUT2D eigenvalue weighted by atomic mass is 15.0. The van der Waals surface area contributed by atoms with Gasteiger partial charge in [0.15, 0.2) is 0 Å². The molecule has 0 aliphatic heterocycles. The van der Waals surface area contributed by atoms with E-state index in [4.69, 9.17) is 0 Å². The van der Waals surface area contributed by atoms with Crippen LogP contribution in [0.5, 0.6) is 0 Å². The fourth-order valence-corrected chi connectivity index (χ4v) is 2.04. The summed E-state index contributed by atoms with van der Waals surface area (Å²) in [5.74, 6) is 0. The van der Waals surface area contributed by atoms with Crippen molar-refractivity contribution in [1.29, 1.82) is 0 Å². The van der Waals surface area contributed by atoms with Crippen LogP contribution in [0.1, 0.15) is 19.5 Å². The molecule has 1 N–H and O–H groups in total. The number of rotatable bonds is 4. The number of aryl methyl sites for hydroxylation is 1. The highest BCUT2D eigenvalue weighted by Crippen LogP contribution is 2.19. The first-order valence-electron chi connectivity index (χ1n) is 5.64. The van der Waals surface area contributed by atoms with Gasteiger partial charge >= 0.3 is 0 Å². The Balaban J connectivity index is 2.44. The minimum atomic E-state index is 0.957. The average molecular weight is 202 g/mol. The molecule has 0 saturated heterocycles. The van der Waals surface area contributed by atoms with E-state index in [-0.39, 0.29) is 0 Å². The van der Waals surface area contributed by atoms with Crippen LogP contribution in [-0.2, 0) is 13.1 Å². The van der Waals surface area contributed by atoms with Crippen molar-refractivity contribution in [3.63, 3.8) is 0 Å². The van der Waals surface area contributed by atoms with E-state index in [1.165, 1.54) is 16.6 Å². The molecule has 0 atom stereocenters. The zero-order chi connectivity index (χ0) is 10.7. The van der Waals surface area contributed by atoms with Crippen molar-refractivity contribution in [1.82, 2.24) is 9.88 Å². The number of hydrogen-bond donors (Lipinski definition) is 1. The second-order valence-corrected chi connectivity index (χ2v) is 3.72. The molecule has 2 nitrogen and oxygen atoms in total. The van der Waals surface area contributed by atoms with Gasteiger partial charge in [-0.05, 0) is 31.0 Å². The minimum absolute atomic E-state index is 0.957. The van der Waals surface area contributed by atoms with Gasteiger partial charge in [0.2, 0.25) is 0 Å². The lowest BCUT2D eigenvalue weighted by molar-refractivity contribution is 0.656. The van der Waals surface area contributed by atoms with E-state index < -0.39 is 0 Å². The zero-order valence-electron chi connectivity index (χ0n) is 9.46. The summed E-state index contributed by atoms with van der Waals surface area (Å²) >= 11 is 0. The van der Waals surface area contributed by atoms with Crippen molar-refractivity contribution in [2.24, 2.45) is 0 Å². The molecule has 15 heavy (non-hydrogen) atoms. The van der Waals surface area contributed by atoms with Crippen molar-refractivity contribution in [3.05, 3.63) is 36.0 Å². The molecule has 2 aromatic rings. The average Bonchev–Trinajstić information content (AvgIpc) is 2.63. The molecule has 2 heteroatoms. The molecule has 1 heterocycles. The van der Waals surface area contributed by atoms with Gasteiger partial charge in [0, 0.05) is 24.3 Å². The molecule has 1 aromatic carbocycles. The summed E-state index contributed by atoms with van der Waals surface area (Å²) in [6.07, 6.45) is 0. The Morgan fingerprint density at radius 2 is 2.00 bits per heavy atom. The van der Waals surface area contributed by atoms with Gasteiger partial charge in [0.05, 0.1) is 0 Å². The molecule has 0 unspecified atom stereocenters. The Morgan fingerprint density at radius 1 is 1.20 bits per heavy atom. The first kappa shape index (κ1) is 10.2. The number of nitrogens with one attached hydrogen (secondary N) is 1. The van der Waals surface area contributed by atoms with Crippen LogP contribution in [0.4, 0.5) is 0 Å². The molecule has 0 bridgehead atoms. The number of nitrogens with zero attached hydrogens (tertiary/aromatic N) is 1. The van der Waals surface area contributed by atoms with Gasteiger partial charge in [-0.2, -0.15) is 0 Å². The van der Waals surface area contributed by atoms with Gasteiger partial charge in [-0.1, -0.05) is 25.1 Å². The maximum Gasteiger partial charge on any atom is 0.0482 e. The summed E-state index contributed by atoms with van der Waals surface area (Å²) in [5, 5.41) is 4.72. The molecule has 0 aliphatic rings. The van der Waals surface area contributed by atoms with Crippen molar-refractivity contribution < 1.29 is 0 Å². The molecule has 0 spiro atoms. The molecule has 80 valence electrons. The Morgan fingerprint density at radius 3 is 2.73 bits per heavy atom. The summed E-state index contributed by atoms with van der Waals surface area (Å²) in [7, 11) is 0. The van der Waals surface area contributed by atoms with Crippen LogP contribution in [0.2, 0.25) is 0 Å². The SMILES string of the molecule is CCNCc1cc2ccccc2n1CC. The normalized spacial score (nSPS) is 11.1. The van der Waals surface area contributed by atoms with Gasteiger partial charge in [-0.3, -0.25) is 0 Å². The largest absolute Gasteiger partial charge is 0.344 e. The Bertz CT molecular complexity index is 443. The molecule has 0 amide bonds. The second-order valence-electron chi connectivity index (χ2n) is 3.72. The molecule has 0 aliphatic carbocycles. The van der Waals surface area contributed by atoms with Gasteiger partial charge in [0.25, 0.3) is 0 Å². The predicted octanol–water partition coefficient (Wildman–Crippen LogP) is 2.77. The maximum absolute atomic E-state index is 3.38. The summed E-state index contributed by atoms with van der Waals surface area (Å²) in [6, 6.07) is 10.8. The van der Waals surface area contributed by atoms with E-state index in [0.717, 1.165) is 19.6 Å². The lowest BCUT2D eigenvalue weighted by Gasteiger charge is -2.07. The summed E-state index contributed by atoms with van der Waals surface area (Å²) in [5.41, 5.74) is 2.72. The van der Waals surface area contributed by atoms with Crippen molar-refractivity contribution >= 4 is 10.9 Å². The molecular weight excluding hydrogens is 184 g/mol. The van der Waals surface area contributed by atoms with Crippen molar-refractivity contribution in [2.45, 2.75) is 26.9 Å². The van der Waals surface area contributed by atoms with Gasteiger partial charge in [-0.15, -0.1) is 0 Å². The van der Waals surface area contributed by atoms with Crippen LogP contribution in [0.15, 0.2) is 30.3 Å². The Labute approximate surface area is 90.9 Å². The van der Waals surface area contributed by atoms with E-state index in [9.17, 15) is 0 Å². The fourth-order valence-electron chi connectivity index (χ4n) is 2.04. The quantitative estimate of drug-likeness (QED) is 0.806. The van der Waals surface area contributed by atoms with Crippen LogP contribution in [0, 0.1) is 0 Å². The topological polar surface area (TPSA) is 17.0 Å². The van der Waals surface area contributed by atoms with E-state index >= 15 is 0 Å². The molecule has 0 saturated carbocycles. The summed E-state index contributed by atoms with van der Waals surface area (Å²) < 4.78 is 2.37. The molecule has 1 aromatic heterocycles. The van der Waals surface area contributed by atoms with E-state index in [0.29, 0.717) is 0 Å². The Kier molecular flexibility index (Phi) is 3.07. The zero-order valence-corrected chi connectivity index (χ0v) is 9.46. The van der Waals surface area contributed by atoms with E-state index in [1.807, 2.05) is 0 Å². The highest BCUT2D eigenvalue weighted by molar-refractivity contribution is 5.81. The predicted molar refractivity (Wildman–Crippen MR) is 65.0 cm³/mol. The molecular formula is C13H18N2. The van der Waals surface area contributed by atoms with Crippen molar-refractivity contribution in [2.75, 3.05) is 6.54 Å². The third kappa shape index (κ3) is 1.90. The van der Waals surface area contributed by atoms with Crippen LogP contribution >= 0.6 is 0 Å². The number of fused-ring (bicyclic) bond motifs is 1. The van der Waals surface area contributed by atoms with Gasteiger partial charge in [0.1, 0.15) is 0 Å². The minimum Gasteiger partial charge on any atom is -0.344 e. The molecule has 2 rings (SSSR count). The number of aromatic nitrogens is 1. The van der Waals surface area contributed by atoms with Crippen LogP contribution in [-0.4, -0.2) is 11.1 Å². The second kappa shape index (κ2) is 4.49. The lowest BCUT2D eigenvalue weighted by Crippen LogP contribution is -2.14. The summed E-state index contributed by atoms with van der Waals surface area (Å²) in [6.45, 7) is 7.35. The smallest absolute Gasteiger partial charge is 0.0482 e. The highest BCUT2D eigenvalue weighted by Gasteiger charge is 2.05.